The number of ether oxygens (including phenoxy) is 1. The first-order valence-electron chi connectivity index (χ1n) is 9.42. The molecule has 0 aromatic heterocycles. The second-order valence-corrected chi connectivity index (χ2v) is 8.91. The molecule has 0 aliphatic carbocycles. The summed E-state index contributed by atoms with van der Waals surface area (Å²) in [5.74, 6) is -0.645. The van der Waals surface area contributed by atoms with E-state index < -0.39 is 11.5 Å². The minimum Gasteiger partial charge on any atom is -0.364 e. The van der Waals surface area contributed by atoms with Crippen LogP contribution in [0.4, 0.5) is 0 Å². The van der Waals surface area contributed by atoms with E-state index in [1.54, 1.807) is 32.0 Å². The van der Waals surface area contributed by atoms with Gasteiger partial charge in [-0.3, -0.25) is 9.59 Å². The van der Waals surface area contributed by atoms with Crippen LogP contribution in [0.1, 0.15) is 32.8 Å². The SMILES string of the molecule is CCC(OCc1ccccc1)C(=O)NC(Sc1cc(Cl)cc(Cl)c1)C(=O)C(C)C. The molecule has 0 spiro atoms. The van der Waals surface area contributed by atoms with Gasteiger partial charge in [0.15, 0.2) is 5.78 Å². The van der Waals surface area contributed by atoms with Gasteiger partial charge < -0.3 is 10.1 Å². The number of hydrogen-bond acceptors (Lipinski definition) is 4. The van der Waals surface area contributed by atoms with Crippen LogP contribution < -0.4 is 5.32 Å². The zero-order valence-corrected chi connectivity index (χ0v) is 19.0. The standard InChI is InChI=1S/C22H25Cl2NO3S/c1-4-19(28-13-15-8-6-5-7-9-15)21(27)25-22(20(26)14(2)3)29-18-11-16(23)10-17(24)12-18/h5-12,14,19,22H,4,13H2,1-3H3,(H,25,27). The van der Waals surface area contributed by atoms with Crippen molar-refractivity contribution >= 4 is 46.7 Å². The summed E-state index contributed by atoms with van der Waals surface area (Å²) in [6, 6.07) is 14.7. The minimum absolute atomic E-state index is 0.0858. The Morgan fingerprint density at radius 1 is 1.07 bits per heavy atom. The number of carbonyl (C=O) groups excluding carboxylic acids is 2. The van der Waals surface area contributed by atoms with E-state index >= 15 is 0 Å². The lowest BCUT2D eigenvalue weighted by Crippen LogP contribution is -2.45. The maximum Gasteiger partial charge on any atom is 0.250 e. The van der Waals surface area contributed by atoms with E-state index in [0.717, 1.165) is 5.56 Å². The zero-order valence-electron chi connectivity index (χ0n) is 16.7. The Kier molecular flexibility index (Phi) is 9.50. The number of nitrogens with one attached hydrogen (secondary N) is 1. The molecule has 0 radical (unpaired) electrons. The maximum absolute atomic E-state index is 12.8. The van der Waals surface area contributed by atoms with Gasteiger partial charge in [-0.1, -0.05) is 86.1 Å². The van der Waals surface area contributed by atoms with E-state index in [1.807, 2.05) is 37.3 Å². The molecule has 0 aliphatic heterocycles. The Balaban J connectivity index is 2.09. The fraction of sp³-hybridized carbons (Fsp3) is 0.364. The summed E-state index contributed by atoms with van der Waals surface area (Å²) in [7, 11) is 0. The molecule has 156 valence electrons. The summed E-state index contributed by atoms with van der Waals surface area (Å²) in [6.07, 6.45) is -0.157. The van der Waals surface area contributed by atoms with Crippen molar-refractivity contribution in [1.29, 1.82) is 0 Å². The molecule has 1 amide bonds. The van der Waals surface area contributed by atoms with Crippen LogP contribution in [0.5, 0.6) is 0 Å². The van der Waals surface area contributed by atoms with Gasteiger partial charge in [0.2, 0.25) is 5.91 Å². The average molecular weight is 454 g/mol. The number of thioether (sulfide) groups is 1. The van der Waals surface area contributed by atoms with Crippen molar-refractivity contribution in [3.05, 3.63) is 64.1 Å². The monoisotopic (exact) mass is 453 g/mol. The lowest BCUT2D eigenvalue weighted by molar-refractivity contribution is -0.136. The van der Waals surface area contributed by atoms with Crippen LogP contribution in [0.15, 0.2) is 53.4 Å². The first-order chi connectivity index (χ1) is 13.8. The molecule has 4 nitrogen and oxygen atoms in total. The van der Waals surface area contributed by atoms with E-state index in [9.17, 15) is 9.59 Å². The number of halogens is 2. The molecule has 0 fully saturated rings. The predicted molar refractivity (Wildman–Crippen MR) is 119 cm³/mol. The molecule has 0 heterocycles. The number of amides is 1. The van der Waals surface area contributed by atoms with Crippen LogP contribution >= 0.6 is 35.0 Å². The molecule has 2 atom stereocenters. The molecular formula is C22H25Cl2NO3S. The molecule has 0 saturated carbocycles. The summed E-state index contributed by atoms with van der Waals surface area (Å²) in [5, 5.41) is 3.02. The molecule has 1 N–H and O–H groups in total. The number of rotatable bonds is 10. The smallest absolute Gasteiger partial charge is 0.250 e. The molecule has 29 heavy (non-hydrogen) atoms. The van der Waals surface area contributed by atoms with Crippen molar-refractivity contribution in [3.8, 4) is 0 Å². The zero-order chi connectivity index (χ0) is 21.4. The molecule has 7 heteroatoms. The van der Waals surface area contributed by atoms with Gasteiger partial charge >= 0.3 is 0 Å². The van der Waals surface area contributed by atoms with Gasteiger partial charge in [0.25, 0.3) is 0 Å². The van der Waals surface area contributed by atoms with Crippen LogP contribution in [-0.4, -0.2) is 23.2 Å². The molecular weight excluding hydrogens is 429 g/mol. The summed E-state index contributed by atoms with van der Waals surface area (Å²) >= 11 is 13.3. The number of ketones is 1. The van der Waals surface area contributed by atoms with Gasteiger partial charge in [0.05, 0.1) is 6.61 Å². The lowest BCUT2D eigenvalue weighted by atomic mass is 10.1. The van der Waals surface area contributed by atoms with Gasteiger partial charge in [-0.15, -0.1) is 0 Å². The summed E-state index contributed by atoms with van der Waals surface area (Å²) in [4.78, 5) is 26.2. The molecule has 2 unspecified atom stereocenters. The molecule has 0 bridgehead atoms. The lowest BCUT2D eigenvalue weighted by Gasteiger charge is -2.23. The normalized spacial score (nSPS) is 13.2. The molecule has 2 aromatic rings. The van der Waals surface area contributed by atoms with Crippen molar-refractivity contribution in [2.45, 2.75) is 50.2 Å². The molecule has 2 aromatic carbocycles. The van der Waals surface area contributed by atoms with Crippen LogP contribution in [0.3, 0.4) is 0 Å². The average Bonchev–Trinajstić information content (AvgIpc) is 2.67. The molecule has 2 rings (SSSR count). The van der Waals surface area contributed by atoms with Crippen molar-refractivity contribution in [3.63, 3.8) is 0 Å². The third-order valence-corrected chi connectivity index (χ3v) is 5.68. The van der Waals surface area contributed by atoms with Gasteiger partial charge in [0, 0.05) is 20.9 Å². The van der Waals surface area contributed by atoms with Crippen LogP contribution in [0.25, 0.3) is 0 Å². The molecule has 0 aliphatic rings. The van der Waals surface area contributed by atoms with Crippen molar-refractivity contribution < 1.29 is 14.3 Å². The summed E-state index contributed by atoms with van der Waals surface area (Å²) < 4.78 is 5.79. The third kappa shape index (κ3) is 7.67. The summed E-state index contributed by atoms with van der Waals surface area (Å²) in [5.41, 5.74) is 0.983. The minimum atomic E-state index is -0.758. The van der Waals surface area contributed by atoms with E-state index in [2.05, 4.69) is 5.32 Å². The van der Waals surface area contributed by atoms with E-state index in [-0.39, 0.29) is 17.6 Å². The quantitative estimate of drug-likeness (QED) is 0.367. The Bertz CT molecular complexity index is 810. The van der Waals surface area contributed by atoms with Crippen LogP contribution in [-0.2, 0) is 20.9 Å². The Hall–Kier alpha value is -1.53. The largest absolute Gasteiger partial charge is 0.364 e. The highest BCUT2D eigenvalue weighted by Gasteiger charge is 2.28. The Morgan fingerprint density at radius 2 is 1.69 bits per heavy atom. The predicted octanol–water partition coefficient (Wildman–Crippen LogP) is 5.75. The highest BCUT2D eigenvalue weighted by molar-refractivity contribution is 8.00. The fourth-order valence-corrected chi connectivity index (χ4v) is 4.45. The van der Waals surface area contributed by atoms with Gasteiger partial charge in [0.1, 0.15) is 11.5 Å². The van der Waals surface area contributed by atoms with Gasteiger partial charge in [-0.05, 0) is 30.2 Å². The van der Waals surface area contributed by atoms with Crippen molar-refractivity contribution in [2.75, 3.05) is 0 Å². The number of hydrogen-bond donors (Lipinski definition) is 1. The number of Topliss-reactive ketones (excluding diaryl/α,β-unsaturated/α-hetero) is 1. The number of benzene rings is 2. The van der Waals surface area contributed by atoms with E-state index in [1.165, 1.54) is 11.8 Å². The van der Waals surface area contributed by atoms with E-state index in [4.69, 9.17) is 27.9 Å². The highest BCUT2D eigenvalue weighted by atomic mass is 35.5. The third-order valence-electron chi connectivity index (χ3n) is 4.15. The van der Waals surface area contributed by atoms with Crippen molar-refractivity contribution in [2.24, 2.45) is 5.92 Å². The van der Waals surface area contributed by atoms with Crippen molar-refractivity contribution in [1.82, 2.24) is 5.32 Å². The van der Waals surface area contributed by atoms with Gasteiger partial charge in [-0.25, -0.2) is 0 Å². The molecule has 0 saturated heterocycles. The second kappa shape index (κ2) is 11.6. The Labute approximate surface area is 186 Å². The fourth-order valence-electron chi connectivity index (χ4n) is 2.57. The first kappa shape index (κ1) is 23.7. The van der Waals surface area contributed by atoms with Crippen LogP contribution in [0, 0.1) is 5.92 Å². The first-order valence-corrected chi connectivity index (χ1v) is 11.1. The topological polar surface area (TPSA) is 55.4 Å². The second-order valence-electron chi connectivity index (χ2n) is 6.86. The Morgan fingerprint density at radius 3 is 2.24 bits per heavy atom. The highest BCUT2D eigenvalue weighted by Crippen LogP contribution is 2.30. The number of carbonyl (C=O) groups is 2. The van der Waals surface area contributed by atoms with Gasteiger partial charge in [-0.2, -0.15) is 0 Å². The van der Waals surface area contributed by atoms with Crippen LogP contribution in [0.2, 0.25) is 10.0 Å². The van der Waals surface area contributed by atoms with E-state index in [0.29, 0.717) is 28.0 Å². The maximum atomic E-state index is 12.8. The summed E-state index contributed by atoms with van der Waals surface area (Å²) in [6.45, 7) is 5.80.